The van der Waals surface area contributed by atoms with E-state index in [0.29, 0.717) is 29.6 Å². The molecule has 21 heavy (non-hydrogen) atoms. The fourth-order valence-electron chi connectivity index (χ4n) is 2.71. The van der Waals surface area contributed by atoms with Crippen molar-refractivity contribution in [2.24, 2.45) is 0 Å². The summed E-state index contributed by atoms with van der Waals surface area (Å²) in [5, 5.41) is 3.33. The number of carbonyl (C=O) groups is 1. The third-order valence-electron chi connectivity index (χ3n) is 3.93. The van der Waals surface area contributed by atoms with Crippen LogP contribution in [-0.4, -0.2) is 43.2 Å². The van der Waals surface area contributed by atoms with Gasteiger partial charge < -0.3 is 15.8 Å². The Labute approximate surface area is 126 Å². The summed E-state index contributed by atoms with van der Waals surface area (Å²) in [5.41, 5.74) is 7.78. The molecule has 0 radical (unpaired) electrons. The van der Waals surface area contributed by atoms with Gasteiger partial charge in [0.05, 0.1) is 23.5 Å². The van der Waals surface area contributed by atoms with E-state index in [1.165, 1.54) is 12.8 Å². The van der Waals surface area contributed by atoms with Crippen molar-refractivity contribution in [2.75, 3.05) is 37.3 Å². The van der Waals surface area contributed by atoms with Gasteiger partial charge in [-0.1, -0.05) is 6.07 Å². The van der Waals surface area contributed by atoms with Gasteiger partial charge in [0.1, 0.15) is 0 Å². The minimum absolute atomic E-state index is 0.332. The summed E-state index contributed by atoms with van der Waals surface area (Å²) < 4.78 is 5.09. The molecule has 0 spiro atoms. The Balaban J connectivity index is 2.05. The molecule has 1 aliphatic heterocycles. The molecule has 1 fully saturated rings. The summed E-state index contributed by atoms with van der Waals surface area (Å²) in [5.74, 6) is -0.332. The number of benzene rings is 1. The molecule has 2 rings (SSSR count). The van der Waals surface area contributed by atoms with Gasteiger partial charge in [0, 0.05) is 12.6 Å². The van der Waals surface area contributed by atoms with E-state index >= 15 is 0 Å². The molecule has 0 saturated carbocycles. The quantitative estimate of drug-likeness (QED) is 0.622. The Hall–Kier alpha value is -1.75. The number of nitrogens with two attached hydrogens (primary N) is 1. The SMILES string of the molecule is CCOC(=O)c1cccc(N)c1NCC(C)N1CCCC1. The molecule has 116 valence electrons. The van der Waals surface area contributed by atoms with Crippen LogP contribution in [0.5, 0.6) is 0 Å². The first-order valence-corrected chi connectivity index (χ1v) is 7.67. The predicted octanol–water partition coefficient (Wildman–Crippen LogP) is 2.34. The summed E-state index contributed by atoms with van der Waals surface area (Å²) in [7, 11) is 0. The van der Waals surface area contributed by atoms with E-state index in [9.17, 15) is 4.79 Å². The van der Waals surface area contributed by atoms with Crippen molar-refractivity contribution in [2.45, 2.75) is 32.7 Å². The monoisotopic (exact) mass is 291 g/mol. The lowest BCUT2D eigenvalue weighted by atomic mass is 10.1. The van der Waals surface area contributed by atoms with E-state index < -0.39 is 0 Å². The number of carbonyl (C=O) groups excluding carboxylic acids is 1. The van der Waals surface area contributed by atoms with Crippen molar-refractivity contribution in [3.05, 3.63) is 23.8 Å². The minimum atomic E-state index is -0.332. The Bertz CT molecular complexity index is 484. The van der Waals surface area contributed by atoms with Gasteiger partial charge in [-0.2, -0.15) is 0 Å². The van der Waals surface area contributed by atoms with Crippen LogP contribution in [0.4, 0.5) is 11.4 Å². The van der Waals surface area contributed by atoms with E-state index in [4.69, 9.17) is 10.5 Å². The summed E-state index contributed by atoms with van der Waals surface area (Å²) in [6.45, 7) is 7.42. The molecular weight excluding hydrogens is 266 g/mol. The van der Waals surface area contributed by atoms with Gasteiger partial charge in [-0.05, 0) is 51.9 Å². The molecule has 1 aromatic rings. The van der Waals surface area contributed by atoms with Gasteiger partial charge >= 0.3 is 5.97 Å². The first-order valence-electron chi connectivity index (χ1n) is 7.67. The van der Waals surface area contributed by atoms with Gasteiger partial charge in [-0.15, -0.1) is 0 Å². The van der Waals surface area contributed by atoms with Crippen molar-refractivity contribution in [3.63, 3.8) is 0 Å². The fraction of sp³-hybridized carbons (Fsp3) is 0.562. The summed E-state index contributed by atoms with van der Waals surface area (Å²) >= 11 is 0. The molecule has 1 aromatic carbocycles. The number of anilines is 2. The fourth-order valence-corrected chi connectivity index (χ4v) is 2.71. The minimum Gasteiger partial charge on any atom is -0.462 e. The summed E-state index contributed by atoms with van der Waals surface area (Å²) in [6, 6.07) is 5.74. The molecule has 0 aromatic heterocycles. The Morgan fingerprint density at radius 2 is 2.14 bits per heavy atom. The lowest BCUT2D eigenvalue weighted by Crippen LogP contribution is -2.35. The topological polar surface area (TPSA) is 67.6 Å². The van der Waals surface area contributed by atoms with Crippen molar-refractivity contribution in [3.8, 4) is 0 Å². The second-order valence-electron chi connectivity index (χ2n) is 5.46. The first-order chi connectivity index (χ1) is 10.1. The van der Waals surface area contributed by atoms with Crippen LogP contribution in [0.25, 0.3) is 0 Å². The van der Waals surface area contributed by atoms with Crippen LogP contribution in [0, 0.1) is 0 Å². The number of hydrogen-bond acceptors (Lipinski definition) is 5. The van der Waals surface area contributed by atoms with E-state index in [0.717, 1.165) is 19.6 Å². The van der Waals surface area contributed by atoms with E-state index in [2.05, 4.69) is 17.1 Å². The van der Waals surface area contributed by atoms with E-state index in [-0.39, 0.29) is 5.97 Å². The molecule has 0 bridgehead atoms. The second kappa shape index (κ2) is 7.31. The Kier molecular flexibility index (Phi) is 5.44. The zero-order valence-corrected chi connectivity index (χ0v) is 12.9. The van der Waals surface area contributed by atoms with E-state index in [1.807, 2.05) is 0 Å². The maximum absolute atomic E-state index is 12.0. The Morgan fingerprint density at radius 1 is 1.43 bits per heavy atom. The van der Waals surface area contributed by atoms with Gasteiger partial charge in [0.15, 0.2) is 0 Å². The number of nitrogens with one attached hydrogen (secondary N) is 1. The van der Waals surface area contributed by atoms with Crippen LogP contribution >= 0.6 is 0 Å². The second-order valence-corrected chi connectivity index (χ2v) is 5.46. The maximum Gasteiger partial charge on any atom is 0.340 e. The third-order valence-corrected chi connectivity index (χ3v) is 3.93. The molecule has 1 atom stereocenters. The highest BCUT2D eigenvalue weighted by Crippen LogP contribution is 2.24. The molecule has 5 heteroatoms. The van der Waals surface area contributed by atoms with Crippen molar-refractivity contribution < 1.29 is 9.53 Å². The van der Waals surface area contributed by atoms with Crippen LogP contribution < -0.4 is 11.1 Å². The molecule has 1 aliphatic rings. The largest absolute Gasteiger partial charge is 0.462 e. The number of ether oxygens (including phenoxy) is 1. The molecule has 0 amide bonds. The average Bonchev–Trinajstić information content (AvgIpc) is 3.00. The summed E-state index contributed by atoms with van der Waals surface area (Å²) in [4.78, 5) is 14.4. The van der Waals surface area contributed by atoms with Crippen LogP contribution in [0.15, 0.2) is 18.2 Å². The number of likely N-dealkylation sites (tertiary alicyclic amines) is 1. The van der Waals surface area contributed by atoms with Crippen LogP contribution in [0.3, 0.4) is 0 Å². The maximum atomic E-state index is 12.0. The number of esters is 1. The molecule has 5 nitrogen and oxygen atoms in total. The predicted molar refractivity (Wildman–Crippen MR) is 85.6 cm³/mol. The Morgan fingerprint density at radius 3 is 2.81 bits per heavy atom. The lowest BCUT2D eigenvalue weighted by Gasteiger charge is -2.25. The average molecular weight is 291 g/mol. The van der Waals surface area contributed by atoms with E-state index in [1.54, 1.807) is 25.1 Å². The third kappa shape index (κ3) is 3.88. The number of nitrogen functional groups attached to an aromatic ring is 1. The van der Waals surface area contributed by atoms with Crippen molar-refractivity contribution in [1.29, 1.82) is 0 Å². The molecule has 1 heterocycles. The van der Waals surface area contributed by atoms with Crippen LogP contribution in [-0.2, 0) is 4.74 Å². The summed E-state index contributed by atoms with van der Waals surface area (Å²) in [6.07, 6.45) is 2.54. The van der Waals surface area contributed by atoms with Crippen molar-refractivity contribution >= 4 is 17.3 Å². The lowest BCUT2D eigenvalue weighted by molar-refractivity contribution is 0.0527. The molecular formula is C16H25N3O2. The highest BCUT2D eigenvalue weighted by atomic mass is 16.5. The van der Waals surface area contributed by atoms with Crippen molar-refractivity contribution in [1.82, 2.24) is 4.90 Å². The van der Waals surface area contributed by atoms with Crippen LogP contribution in [0.2, 0.25) is 0 Å². The zero-order chi connectivity index (χ0) is 15.2. The number of para-hydroxylation sites is 1. The number of hydrogen-bond donors (Lipinski definition) is 2. The van der Waals surface area contributed by atoms with Crippen LogP contribution in [0.1, 0.15) is 37.0 Å². The molecule has 1 saturated heterocycles. The van der Waals surface area contributed by atoms with Gasteiger partial charge in [-0.25, -0.2) is 4.79 Å². The molecule has 0 aliphatic carbocycles. The molecule has 3 N–H and O–H groups in total. The normalized spacial score (nSPS) is 16.7. The van der Waals surface area contributed by atoms with Gasteiger partial charge in [0.25, 0.3) is 0 Å². The van der Waals surface area contributed by atoms with Gasteiger partial charge in [0.2, 0.25) is 0 Å². The highest BCUT2D eigenvalue weighted by Gasteiger charge is 2.19. The smallest absolute Gasteiger partial charge is 0.340 e. The zero-order valence-electron chi connectivity index (χ0n) is 12.9. The number of nitrogens with zero attached hydrogens (tertiary/aromatic N) is 1. The standard InChI is InChI=1S/C16H25N3O2/c1-3-21-16(20)13-7-6-8-14(17)15(13)18-11-12(2)19-9-4-5-10-19/h6-8,12,18H,3-5,9-11,17H2,1-2H3. The van der Waals surface area contributed by atoms with Gasteiger partial charge in [-0.3, -0.25) is 4.90 Å². The highest BCUT2D eigenvalue weighted by molar-refractivity contribution is 5.98. The first kappa shape index (κ1) is 15.6. The number of rotatable bonds is 6. The molecule has 1 unspecified atom stereocenters.